The highest BCUT2D eigenvalue weighted by Gasteiger charge is 2.26. The second kappa shape index (κ2) is 9.94. The monoisotopic (exact) mass is 314 g/mol. The molecule has 0 bridgehead atoms. The largest absolute Gasteiger partial charge is 0.466 e. The highest BCUT2D eigenvalue weighted by Crippen LogP contribution is 2.34. The molecule has 0 heterocycles. The third kappa shape index (κ3) is 10.0. The van der Waals surface area contributed by atoms with Gasteiger partial charge in [-0.3, -0.25) is 0 Å². The molecule has 0 spiro atoms. The summed E-state index contributed by atoms with van der Waals surface area (Å²) in [4.78, 5) is 10.9. The van der Waals surface area contributed by atoms with Crippen molar-refractivity contribution in [3.63, 3.8) is 0 Å². The summed E-state index contributed by atoms with van der Waals surface area (Å²) in [7, 11) is 1.32. The van der Waals surface area contributed by atoms with Crippen LogP contribution >= 0.6 is 34.8 Å². The van der Waals surface area contributed by atoms with Crippen LogP contribution in [0.4, 0.5) is 0 Å². The SMILES string of the molecule is CCCCCCC(Cl)(Cl)C[C@@H](Cl)/C=C/C(=O)OC. The summed E-state index contributed by atoms with van der Waals surface area (Å²) in [5.74, 6) is -0.432. The van der Waals surface area contributed by atoms with Crippen LogP contribution in [-0.2, 0) is 9.53 Å². The van der Waals surface area contributed by atoms with Crippen molar-refractivity contribution in [1.29, 1.82) is 0 Å². The van der Waals surface area contributed by atoms with E-state index < -0.39 is 10.3 Å². The third-order valence-corrected chi connectivity index (χ3v) is 3.52. The van der Waals surface area contributed by atoms with Crippen LogP contribution in [0, 0.1) is 0 Å². The van der Waals surface area contributed by atoms with Crippen molar-refractivity contribution < 1.29 is 9.53 Å². The van der Waals surface area contributed by atoms with E-state index >= 15 is 0 Å². The molecule has 0 aliphatic heterocycles. The Kier molecular flexibility index (Phi) is 9.98. The van der Waals surface area contributed by atoms with Gasteiger partial charge in [0, 0.05) is 12.5 Å². The van der Waals surface area contributed by atoms with E-state index in [1.807, 2.05) is 0 Å². The first-order chi connectivity index (χ1) is 8.41. The molecule has 18 heavy (non-hydrogen) atoms. The molecule has 0 fully saturated rings. The van der Waals surface area contributed by atoms with Gasteiger partial charge in [-0.15, -0.1) is 34.8 Å². The van der Waals surface area contributed by atoms with E-state index in [1.54, 1.807) is 6.08 Å². The van der Waals surface area contributed by atoms with Crippen molar-refractivity contribution in [3.05, 3.63) is 12.2 Å². The van der Waals surface area contributed by atoms with Gasteiger partial charge >= 0.3 is 5.97 Å². The molecule has 0 N–H and O–H groups in total. The summed E-state index contributed by atoms with van der Waals surface area (Å²) < 4.78 is 3.64. The molecule has 106 valence electrons. The molecule has 0 aromatic carbocycles. The molecule has 0 aliphatic carbocycles. The second-order valence-electron chi connectivity index (χ2n) is 4.27. The molecule has 0 radical (unpaired) electrons. The third-order valence-electron chi connectivity index (χ3n) is 2.53. The van der Waals surface area contributed by atoms with E-state index in [0.29, 0.717) is 12.8 Å². The number of methoxy groups -OCH3 is 1. The number of carbonyl (C=O) groups excluding carboxylic acids is 1. The molecule has 0 saturated carbocycles. The molecule has 2 nitrogen and oxygen atoms in total. The molecular formula is C13H21Cl3O2. The Morgan fingerprint density at radius 3 is 2.56 bits per heavy atom. The average Bonchev–Trinajstić information content (AvgIpc) is 2.31. The van der Waals surface area contributed by atoms with Gasteiger partial charge in [0.05, 0.1) is 12.5 Å². The van der Waals surface area contributed by atoms with Crippen LogP contribution in [0.25, 0.3) is 0 Å². The predicted octanol–water partition coefficient (Wildman–Crippen LogP) is 4.86. The van der Waals surface area contributed by atoms with Crippen LogP contribution in [-0.4, -0.2) is 22.8 Å². The predicted molar refractivity (Wildman–Crippen MR) is 78.6 cm³/mol. The number of hydrogen-bond donors (Lipinski definition) is 0. The first-order valence-electron chi connectivity index (χ1n) is 6.19. The Hall–Kier alpha value is 0.0800. The molecular weight excluding hydrogens is 295 g/mol. The number of ether oxygens (including phenoxy) is 1. The van der Waals surface area contributed by atoms with Gasteiger partial charge in [-0.05, 0) is 6.42 Å². The second-order valence-corrected chi connectivity index (χ2v) is 6.47. The molecule has 1 atom stereocenters. The van der Waals surface area contributed by atoms with E-state index in [2.05, 4.69) is 11.7 Å². The zero-order valence-electron chi connectivity index (χ0n) is 10.9. The number of alkyl halides is 3. The van der Waals surface area contributed by atoms with Crippen LogP contribution in [0.2, 0.25) is 0 Å². The fourth-order valence-electron chi connectivity index (χ4n) is 1.52. The Bertz CT molecular complexity index is 265. The maximum absolute atomic E-state index is 10.9. The summed E-state index contributed by atoms with van der Waals surface area (Å²) in [6, 6.07) is 0. The van der Waals surface area contributed by atoms with E-state index in [4.69, 9.17) is 34.8 Å². The van der Waals surface area contributed by atoms with Crippen molar-refractivity contribution in [1.82, 2.24) is 0 Å². The minimum Gasteiger partial charge on any atom is -0.466 e. The molecule has 0 aromatic rings. The minimum atomic E-state index is -0.833. The highest BCUT2D eigenvalue weighted by molar-refractivity contribution is 6.48. The summed E-state index contributed by atoms with van der Waals surface area (Å²) >= 11 is 18.4. The van der Waals surface area contributed by atoms with Gasteiger partial charge < -0.3 is 4.74 Å². The number of unbranched alkanes of at least 4 members (excludes halogenated alkanes) is 3. The van der Waals surface area contributed by atoms with E-state index in [-0.39, 0.29) is 5.38 Å². The maximum Gasteiger partial charge on any atom is 0.330 e. The van der Waals surface area contributed by atoms with Gasteiger partial charge in [-0.2, -0.15) is 0 Å². The Balaban J connectivity index is 3.98. The Labute approximate surface area is 125 Å². The lowest BCUT2D eigenvalue weighted by Gasteiger charge is -2.20. The zero-order chi connectivity index (χ0) is 14.0. The molecule has 0 saturated heterocycles. The fraction of sp³-hybridized carbons (Fsp3) is 0.769. The van der Waals surface area contributed by atoms with E-state index in [9.17, 15) is 4.79 Å². The van der Waals surface area contributed by atoms with Gasteiger partial charge in [0.25, 0.3) is 0 Å². The smallest absolute Gasteiger partial charge is 0.330 e. The molecule has 0 unspecified atom stereocenters. The Morgan fingerprint density at radius 1 is 1.33 bits per heavy atom. The quantitative estimate of drug-likeness (QED) is 0.263. The van der Waals surface area contributed by atoms with Crippen molar-refractivity contribution in [2.24, 2.45) is 0 Å². The van der Waals surface area contributed by atoms with Gasteiger partial charge in [0.2, 0.25) is 0 Å². The summed E-state index contributed by atoms with van der Waals surface area (Å²) in [6.07, 6.45) is 8.46. The number of carbonyl (C=O) groups is 1. The standard InChI is InChI=1S/C13H21Cl3O2/c1-3-4-5-6-9-13(15,16)10-11(14)7-8-12(17)18-2/h7-8,11H,3-6,9-10H2,1-2H3/b8-7+/t11-/m0/s1. The molecule has 0 aliphatic rings. The number of rotatable bonds is 9. The van der Waals surface area contributed by atoms with Gasteiger partial charge in [0.15, 0.2) is 0 Å². The minimum absolute atomic E-state index is 0.370. The fourth-order valence-corrected chi connectivity index (χ4v) is 2.61. The van der Waals surface area contributed by atoms with Crippen LogP contribution in [0.1, 0.15) is 45.4 Å². The Morgan fingerprint density at radius 2 is 2.00 bits per heavy atom. The van der Waals surface area contributed by atoms with E-state index in [0.717, 1.165) is 12.8 Å². The first kappa shape index (κ1) is 18.1. The normalized spacial score (nSPS) is 13.8. The molecule has 0 rings (SSSR count). The van der Waals surface area contributed by atoms with Gasteiger partial charge in [-0.25, -0.2) is 4.79 Å². The molecule has 5 heteroatoms. The van der Waals surface area contributed by atoms with Crippen LogP contribution in [0.5, 0.6) is 0 Å². The number of hydrogen-bond acceptors (Lipinski definition) is 2. The van der Waals surface area contributed by atoms with E-state index in [1.165, 1.54) is 26.0 Å². The van der Waals surface area contributed by atoms with Crippen LogP contribution < -0.4 is 0 Å². The maximum atomic E-state index is 10.9. The lowest BCUT2D eigenvalue weighted by Crippen LogP contribution is -2.18. The van der Waals surface area contributed by atoms with Gasteiger partial charge in [-0.1, -0.05) is 38.7 Å². The van der Waals surface area contributed by atoms with Crippen molar-refractivity contribution in [2.75, 3.05) is 7.11 Å². The first-order valence-corrected chi connectivity index (χ1v) is 7.38. The number of halogens is 3. The van der Waals surface area contributed by atoms with Crippen LogP contribution in [0.3, 0.4) is 0 Å². The highest BCUT2D eigenvalue weighted by atomic mass is 35.5. The number of allylic oxidation sites excluding steroid dienone is 1. The van der Waals surface area contributed by atoms with Crippen molar-refractivity contribution >= 4 is 40.8 Å². The topological polar surface area (TPSA) is 26.3 Å². The van der Waals surface area contributed by atoms with Crippen molar-refractivity contribution in [3.8, 4) is 0 Å². The summed E-state index contributed by atoms with van der Waals surface area (Å²) in [5, 5.41) is -0.370. The van der Waals surface area contributed by atoms with Crippen molar-refractivity contribution in [2.45, 2.75) is 55.2 Å². The molecule has 0 aromatic heterocycles. The lowest BCUT2D eigenvalue weighted by atomic mass is 10.1. The summed E-state index contributed by atoms with van der Waals surface area (Å²) in [5.41, 5.74) is 0. The molecule has 0 amide bonds. The zero-order valence-corrected chi connectivity index (χ0v) is 13.2. The van der Waals surface area contributed by atoms with Gasteiger partial charge in [0.1, 0.15) is 4.33 Å². The number of esters is 1. The van der Waals surface area contributed by atoms with Crippen LogP contribution in [0.15, 0.2) is 12.2 Å². The summed E-state index contributed by atoms with van der Waals surface area (Å²) in [6.45, 7) is 2.15. The average molecular weight is 316 g/mol. The lowest BCUT2D eigenvalue weighted by molar-refractivity contribution is -0.134.